The number of carbonyl (C=O) groups excluding carboxylic acids is 2. The predicted octanol–water partition coefficient (Wildman–Crippen LogP) is 4.19. The molecular formula is C26H27NO7. The van der Waals surface area contributed by atoms with Gasteiger partial charge in [-0.05, 0) is 36.2 Å². The number of aliphatic hydroxyl groups is 2. The Kier molecular flexibility index (Phi) is 6.88. The number of nitrogens with zero attached hydrogens (tertiary/aromatic N) is 1. The highest BCUT2D eigenvalue weighted by Crippen LogP contribution is 2.41. The summed E-state index contributed by atoms with van der Waals surface area (Å²) in [5.41, 5.74) is 1.01. The van der Waals surface area contributed by atoms with Gasteiger partial charge in [0.05, 0.1) is 25.3 Å². The molecular weight excluding hydrogens is 438 g/mol. The second-order valence-corrected chi connectivity index (χ2v) is 7.98. The molecule has 2 heterocycles. The van der Waals surface area contributed by atoms with Gasteiger partial charge in [-0.1, -0.05) is 31.2 Å². The van der Waals surface area contributed by atoms with E-state index < -0.39 is 23.5 Å². The van der Waals surface area contributed by atoms with Crippen LogP contribution in [0.2, 0.25) is 0 Å². The van der Waals surface area contributed by atoms with Gasteiger partial charge in [-0.25, -0.2) is 0 Å². The Bertz CT molecular complexity index is 1240. The van der Waals surface area contributed by atoms with Gasteiger partial charge in [0.1, 0.15) is 5.75 Å². The van der Waals surface area contributed by atoms with Crippen LogP contribution in [-0.4, -0.2) is 53.7 Å². The van der Waals surface area contributed by atoms with E-state index in [0.717, 1.165) is 0 Å². The largest absolute Gasteiger partial charge is 0.503 e. The van der Waals surface area contributed by atoms with Gasteiger partial charge in [0.2, 0.25) is 5.78 Å². The van der Waals surface area contributed by atoms with Crippen LogP contribution in [0.1, 0.15) is 41.9 Å². The van der Waals surface area contributed by atoms with Gasteiger partial charge in [0, 0.05) is 25.0 Å². The zero-order chi connectivity index (χ0) is 24.2. The summed E-state index contributed by atoms with van der Waals surface area (Å²) in [7, 11) is 1.51. The minimum absolute atomic E-state index is 0.00699. The van der Waals surface area contributed by atoms with Gasteiger partial charge in [-0.2, -0.15) is 0 Å². The molecule has 3 aromatic rings. The average molecular weight is 466 g/mol. The molecule has 178 valence electrons. The quantitative estimate of drug-likeness (QED) is 0.341. The van der Waals surface area contributed by atoms with E-state index in [0.29, 0.717) is 54.0 Å². The summed E-state index contributed by atoms with van der Waals surface area (Å²) in [5, 5.41) is 20.5. The molecule has 0 spiro atoms. The monoisotopic (exact) mass is 465 g/mol. The SMILES string of the molecule is CCCN1C(=O)C(O)=C(C(=O)c2cc3cccc(OC)c3o2)C1c1cccc(OCCCO)c1. The number of rotatable bonds is 10. The topological polar surface area (TPSA) is 109 Å². The van der Waals surface area contributed by atoms with Gasteiger partial charge >= 0.3 is 0 Å². The molecule has 2 N–H and O–H groups in total. The number of carbonyl (C=O) groups is 2. The van der Waals surface area contributed by atoms with Crippen molar-refractivity contribution in [1.82, 2.24) is 4.90 Å². The van der Waals surface area contributed by atoms with Gasteiger partial charge in [-0.3, -0.25) is 9.59 Å². The molecule has 1 aromatic heterocycles. The third-order valence-corrected chi connectivity index (χ3v) is 5.71. The summed E-state index contributed by atoms with van der Waals surface area (Å²) < 4.78 is 16.8. The maximum Gasteiger partial charge on any atom is 0.290 e. The Morgan fingerprint density at radius 1 is 1.18 bits per heavy atom. The minimum atomic E-state index is -0.795. The maximum absolute atomic E-state index is 13.6. The van der Waals surface area contributed by atoms with Crippen molar-refractivity contribution in [2.24, 2.45) is 0 Å². The number of furan rings is 1. The number of para-hydroxylation sites is 1. The molecule has 0 bridgehead atoms. The Balaban J connectivity index is 1.76. The van der Waals surface area contributed by atoms with Crippen LogP contribution < -0.4 is 9.47 Å². The van der Waals surface area contributed by atoms with E-state index >= 15 is 0 Å². The fraction of sp³-hybridized carbons (Fsp3) is 0.308. The number of hydrogen-bond donors (Lipinski definition) is 2. The minimum Gasteiger partial charge on any atom is -0.503 e. The number of benzene rings is 2. The van der Waals surface area contributed by atoms with E-state index in [-0.39, 0.29) is 17.9 Å². The molecule has 4 rings (SSSR count). The van der Waals surface area contributed by atoms with Crippen molar-refractivity contribution in [3.63, 3.8) is 0 Å². The summed E-state index contributed by atoms with van der Waals surface area (Å²) in [6.45, 7) is 2.61. The summed E-state index contributed by atoms with van der Waals surface area (Å²) in [5.74, 6) is -0.722. The fourth-order valence-corrected chi connectivity index (χ4v) is 4.17. The van der Waals surface area contributed by atoms with Crippen molar-refractivity contribution in [3.05, 3.63) is 71.2 Å². The zero-order valence-electron chi connectivity index (χ0n) is 19.1. The van der Waals surface area contributed by atoms with E-state index in [4.69, 9.17) is 19.0 Å². The lowest BCUT2D eigenvalue weighted by Crippen LogP contribution is -2.31. The van der Waals surface area contributed by atoms with Crippen LogP contribution in [0.5, 0.6) is 11.5 Å². The standard InChI is InChI=1S/C26H27NO7/c1-3-11-27-22(16-7-4-9-18(14-16)33-13-6-12-28)21(24(30)26(27)31)23(29)20-15-17-8-5-10-19(32-2)25(17)34-20/h4-5,7-10,14-15,22,28,30H,3,6,11-13H2,1-2H3. The van der Waals surface area contributed by atoms with Crippen molar-refractivity contribution in [2.75, 3.05) is 26.9 Å². The predicted molar refractivity (Wildman–Crippen MR) is 125 cm³/mol. The number of Topliss-reactive ketones (excluding diaryl/α,β-unsaturated/α-hetero) is 1. The molecule has 0 saturated carbocycles. The molecule has 0 fully saturated rings. The smallest absolute Gasteiger partial charge is 0.290 e. The number of methoxy groups -OCH3 is 1. The third-order valence-electron chi connectivity index (χ3n) is 5.71. The third kappa shape index (κ3) is 4.24. The maximum atomic E-state index is 13.6. The molecule has 1 amide bonds. The summed E-state index contributed by atoms with van der Waals surface area (Å²) in [6, 6.07) is 13.1. The van der Waals surface area contributed by atoms with Crippen molar-refractivity contribution < 1.29 is 33.7 Å². The van der Waals surface area contributed by atoms with Crippen LogP contribution in [0, 0.1) is 0 Å². The Labute approximate surface area is 197 Å². The second kappa shape index (κ2) is 10.0. The normalized spacial score (nSPS) is 15.9. The first-order chi connectivity index (χ1) is 16.5. The molecule has 0 aliphatic carbocycles. The first kappa shape index (κ1) is 23.4. The van der Waals surface area contributed by atoms with E-state index in [1.54, 1.807) is 48.5 Å². The fourth-order valence-electron chi connectivity index (χ4n) is 4.17. The van der Waals surface area contributed by atoms with Gasteiger partial charge in [0.25, 0.3) is 5.91 Å². The molecule has 1 aliphatic heterocycles. The van der Waals surface area contributed by atoms with Crippen LogP contribution >= 0.6 is 0 Å². The highest BCUT2D eigenvalue weighted by molar-refractivity contribution is 6.16. The summed E-state index contributed by atoms with van der Waals surface area (Å²) in [4.78, 5) is 28.0. The van der Waals surface area contributed by atoms with Crippen molar-refractivity contribution in [1.29, 1.82) is 0 Å². The van der Waals surface area contributed by atoms with E-state index in [2.05, 4.69) is 0 Å². The molecule has 1 aliphatic rings. The van der Waals surface area contributed by atoms with Crippen LogP contribution in [0.3, 0.4) is 0 Å². The van der Waals surface area contributed by atoms with Crippen LogP contribution in [0.25, 0.3) is 11.0 Å². The molecule has 34 heavy (non-hydrogen) atoms. The average Bonchev–Trinajstić information content (AvgIpc) is 3.39. The number of fused-ring (bicyclic) bond motifs is 1. The van der Waals surface area contributed by atoms with Gasteiger partial charge in [0.15, 0.2) is 22.9 Å². The first-order valence-electron chi connectivity index (χ1n) is 11.2. The summed E-state index contributed by atoms with van der Waals surface area (Å²) >= 11 is 0. The van der Waals surface area contributed by atoms with Crippen LogP contribution in [-0.2, 0) is 4.79 Å². The number of aliphatic hydroxyl groups excluding tert-OH is 2. The number of ether oxygens (including phenoxy) is 2. The van der Waals surface area contributed by atoms with Crippen LogP contribution in [0.15, 0.2) is 64.3 Å². The first-order valence-corrected chi connectivity index (χ1v) is 11.2. The lowest BCUT2D eigenvalue weighted by atomic mass is 9.94. The molecule has 8 heteroatoms. The highest BCUT2D eigenvalue weighted by Gasteiger charge is 2.44. The van der Waals surface area contributed by atoms with E-state index in [1.807, 2.05) is 6.92 Å². The van der Waals surface area contributed by atoms with E-state index in [1.165, 1.54) is 12.0 Å². The van der Waals surface area contributed by atoms with Crippen molar-refractivity contribution >= 4 is 22.7 Å². The molecule has 8 nitrogen and oxygen atoms in total. The Morgan fingerprint density at radius 3 is 2.71 bits per heavy atom. The van der Waals surface area contributed by atoms with Gasteiger partial charge < -0.3 is 29.0 Å². The lowest BCUT2D eigenvalue weighted by Gasteiger charge is -2.26. The molecule has 0 saturated heterocycles. The molecule has 0 radical (unpaired) electrons. The molecule has 2 aromatic carbocycles. The van der Waals surface area contributed by atoms with Gasteiger partial charge in [-0.15, -0.1) is 0 Å². The zero-order valence-corrected chi connectivity index (χ0v) is 19.1. The van der Waals surface area contributed by atoms with Crippen molar-refractivity contribution in [3.8, 4) is 11.5 Å². The highest BCUT2D eigenvalue weighted by atomic mass is 16.5. The Hall–Kier alpha value is -3.78. The molecule has 1 unspecified atom stereocenters. The Morgan fingerprint density at radius 2 is 1.97 bits per heavy atom. The lowest BCUT2D eigenvalue weighted by molar-refractivity contribution is -0.129. The van der Waals surface area contributed by atoms with Crippen molar-refractivity contribution in [2.45, 2.75) is 25.8 Å². The second-order valence-electron chi connectivity index (χ2n) is 7.98. The summed E-state index contributed by atoms with van der Waals surface area (Å²) in [6.07, 6.45) is 1.12. The number of ketones is 1. The number of hydrogen-bond acceptors (Lipinski definition) is 7. The number of amides is 1. The van der Waals surface area contributed by atoms with E-state index in [9.17, 15) is 14.7 Å². The van der Waals surface area contributed by atoms with Crippen LogP contribution in [0.4, 0.5) is 0 Å². The molecule has 1 atom stereocenters.